The fraction of sp³-hybridized carbons (Fsp3) is 0.667. The molecule has 0 radical (unpaired) electrons. The summed E-state index contributed by atoms with van der Waals surface area (Å²) in [5.41, 5.74) is 0. The number of hydrogen-bond donors (Lipinski definition) is 0. The van der Waals surface area contributed by atoms with Gasteiger partial charge in [-0.3, -0.25) is 0 Å². The van der Waals surface area contributed by atoms with E-state index in [1.54, 1.807) is 7.11 Å². The molecule has 0 atom stereocenters. The van der Waals surface area contributed by atoms with Crippen molar-refractivity contribution in [2.45, 2.75) is 52.9 Å². The highest BCUT2D eigenvalue weighted by Gasteiger charge is 2.11. The molecular weight excluding hydrogens is 232 g/mol. The summed E-state index contributed by atoms with van der Waals surface area (Å²) in [5, 5.41) is 0. The zero-order valence-corrected chi connectivity index (χ0v) is 13.3. The Morgan fingerprint density at radius 1 is 0.842 bits per heavy atom. The van der Waals surface area contributed by atoms with Gasteiger partial charge in [0.25, 0.3) is 0 Å². The van der Waals surface area contributed by atoms with Crippen LogP contribution in [0.15, 0.2) is 36.4 Å². The molecule has 0 bridgehead atoms. The SMILES string of the molecule is CC(C)C.COCC1CCCCC1.c1ccccc1. The van der Waals surface area contributed by atoms with Gasteiger partial charge in [0.05, 0.1) is 0 Å². The Bertz CT molecular complexity index is 217. The minimum Gasteiger partial charge on any atom is -0.384 e. The topological polar surface area (TPSA) is 9.23 Å². The van der Waals surface area contributed by atoms with Gasteiger partial charge in [0.2, 0.25) is 0 Å². The first-order valence-corrected chi connectivity index (χ1v) is 7.65. The number of methoxy groups -OCH3 is 1. The van der Waals surface area contributed by atoms with E-state index >= 15 is 0 Å². The second-order valence-corrected chi connectivity index (χ2v) is 5.85. The van der Waals surface area contributed by atoms with Crippen molar-refractivity contribution in [2.75, 3.05) is 13.7 Å². The third kappa shape index (κ3) is 15.1. The van der Waals surface area contributed by atoms with Crippen molar-refractivity contribution in [3.8, 4) is 0 Å². The van der Waals surface area contributed by atoms with Crippen LogP contribution in [-0.2, 0) is 4.74 Å². The van der Waals surface area contributed by atoms with Gasteiger partial charge in [-0.1, -0.05) is 76.4 Å². The van der Waals surface area contributed by atoms with Gasteiger partial charge in [-0.05, 0) is 24.7 Å². The van der Waals surface area contributed by atoms with Crippen LogP contribution in [0.25, 0.3) is 0 Å². The summed E-state index contributed by atoms with van der Waals surface area (Å²) in [6, 6.07) is 12.0. The largest absolute Gasteiger partial charge is 0.384 e. The van der Waals surface area contributed by atoms with Gasteiger partial charge >= 0.3 is 0 Å². The fourth-order valence-corrected chi connectivity index (χ4v) is 1.97. The first kappa shape index (κ1) is 18.2. The molecule has 1 nitrogen and oxygen atoms in total. The van der Waals surface area contributed by atoms with E-state index in [-0.39, 0.29) is 0 Å². The van der Waals surface area contributed by atoms with Crippen LogP contribution >= 0.6 is 0 Å². The fourth-order valence-electron chi connectivity index (χ4n) is 1.97. The molecule has 0 N–H and O–H groups in total. The Morgan fingerprint density at radius 3 is 1.53 bits per heavy atom. The third-order valence-corrected chi connectivity index (χ3v) is 2.79. The summed E-state index contributed by atoms with van der Waals surface area (Å²) in [7, 11) is 1.80. The number of ether oxygens (including phenoxy) is 1. The van der Waals surface area contributed by atoms with E-state index < -0.39 is 0 Å². The van der Waals surface area contributed by atoms with Gasteiger partial charge in [-0.15, -0.1) is 0 Å². The summed E-state index contributed by atoms with van der Waals surface area (Å²) in [4.78, 5) is 0. The average molecular weight is 264 g/mol. The summed E-state index contributed by atoms with van der Waals surface area (Å²) in [6.07, 6.45) is 7.09. The molecule has 1 heteroatoms. The third-order valence-electron chi connectivity index (χ3n) is 2.79. The van der Waals surface area contributed by atoms with Crippen LogP contribution in [0.1, 0.15) is 52.9 Å². The lowest BCUT2D eigenvalue weighted by atomic mass is 9.90. The zero-order chi connectivity index (χ0) is 14.3. The van der Waals surface area contributed by atoms with Crippen LogP contribution in [0.3, 0.4) is 0 Å². The molecule has 110 valence electrons. The van der Waals surface area contributed by atoms with Gasteiger partial charge in [0.1, 0.15) is 0 Å². The molecule has 0 unspecified atom stereocenters. The average Bonchev–Trinajstić information content (AvgIpc) is 2.42. The molecule has 0 spiro atoms. The van der Waals surface area contributed by atoms with E-state index in [0.29, 0.717) is 0 Å². The minimum atomic E-state index is 0.833. The van der Waals surface area contributed by atoms with Crippen molar-refractivity contribution in [3.63, 3.8) is 0 Å². The highest BCUT2D eigenvalue weighted by molar-refractivity contribution is 4.99. The molecule has 0 aromatic heterocycles. The van der Waals surface area contributed by atoms with Crippen molar-refractivity contribution in [3.05, 3.63) is 36.4 Å². The number of hydrogen-bond acceptors (Lipinski definition) is 1. The lowest BCUT2D eigenvalue weighted by Crippen LogP contribution is -2.11. The van der Waals surface area contributed by atoms with Gasteiger partial charge in [0.15, 0.2) is 0 Å². The van der Waals surface area contributed by atoms with Crippen LogP contribution in [0.4, 0.5) is 0 Å². The molecule has 19 heavy (non-hydrogen) atoms. The quantitative estimate of drug-likeness (QED) is 0.679. The Labute approximate surface area is 120 Å². The van der Waals surface area contributed by atoms with Gasteiger partial charge in [-0.25, -0.2) is 0 Å². The molecule has 0 saturated heterocycles. The van der Waals surface area contributed by atoms with E-state index in [4.69, 9.17) is 4.74 Å². The van der Waals surface area contributed by atoms with E-state index in [0.717, 1.165) is 18.4 Å². The van der Waals surface area contributed by atoms with E-state index in [1.807, 2.05) is 36.4 Å². The van der Waals surface area contributed by atoms with Crippen molar-refractivity contribution >= 4 is 0 Å². The molecule has 0 amide bonds. The maximum atomic E-state index is 5.08. The summed E-state index contributed by atoms with van der Waals surface area (Å²) in [6.45, 7) is 7.49. The van der Waals surface area contributed by atoms with Crippen LogP contribution in [0.2, 0.25) is 0 Å². The molecular formula is C18H32O. The first-order valence-electron chi connectivity index (χ1n) is 7.65. The van der Waals surface area contributed by atoms with E-state index in [1.165, 1.54) is 32.1 Å². The molecule has 0 aliphatic heterocycles. The van der Waals surface area contributed by atoms with Gasteiger partial charge in [0, 0.05) is 13.7 Å². The highest BCUT2D eigenvalue weighted by atomic mass is 16.5. The molecule has 1 aromatic carbocycles. The molecule has 1 saturated carbocycles. The van der Waals surface area contributed by atoms with Crippen LogP contribution in [0, 0.1) is 11.8 Å². The smallest absolute Gasteiger partial charge is 0.0490 e. The maximum absolute atomic E-state index is 5.08. The second kappa shape index (κ2) is 13.6. The standard InChI is InChI=1S/C8H16O.C6H6.C4H10/c1-9-7-8-5-3-2-4-6-8;1-2-4-6-5-3-1;1-4(2)3/h8H,2-7H2,1H3;1-6H;4H,1-3H3. The summed E-state index contributed by atoms with van der Waals surface area (Å²) < 4.78 is 5.08. The second-order valence-electron chi connectivity index (χ2n) is 5.85. The molecule has 1 aliphatic rings. The van der Waals surface area contributed by atoms with Crippen LogP contribution in [-0.4, -0.2) is 13.7 Å². The molecule has 0 heterocycles. The van der Waals surface area contributed by atoms with Crippen molar-refractivity contribution in [1.29, 1.82) is 0 Å². The molecule has 1 fully saturated rings. The lowest BCUT2D eigenvalue weighted by Gasteiger charge is -2.19. The minimum absolute atomic E-state index is 0.833. The summed E-state index contributed by atoms with van der Waals surface area (Å²) in [5.74, 6) is 1.71. The van der Waals surface area contributed by atoms with Crippen molar-refractivity contribution in [1.82, 2.24) is 0 Å². The first-order chi connectivity index (χ1) is 9.16. The number of rotatable bonds is 2. The van der Waals surface area contributed by atoms with Crippen molar-refractivity contribution in [2.24, 2.45) is 11.8 Å². The molecule has 1 aliphatic carbocycles. The lowest BCUT2D eigenvalue weighted by molar-refractivity contribution is 0.131. The monoisotopic (exact) mass is 264 g/mol. The Hall–Kier alpha value is -0.820. The maximum Gasteiger partial charge on any atom is 0.0490 e. The number of benzene rings is 1. The van der Waals surface area contributed by atoms with E-state index in [9.17, 15) is 0 Å². The Morgan fingerprint density at radius 2 is 1.21 bits per heavy atom. The summed E-state index contributed by atoms with van der Waals surface area (Å²) >= 11 is 0. The molecule has 2 rings (SSSR count). The van der Waals surface area contributed by atoms with Crippen LogP contribution in [0.5, 0.6) is 0 Å². The zero-order valence-electron chi connectivity index (χ0n) is 13.3. The van der Waals surface area contributed by atoms with Crippen LogP contribution < -0.4 is 0 Å². The predicted octanol–water partition coefficient (Wildman–Crippen LogP) is 5.56. The Balaban J connectivity index is 0.000000281. The van der Waals surface area contributed by atoms with Gasteiger partial charge < -0.3 is 4.74 Å². The van der Waals surface area contributed by atoms with Crippen molar-refractivity contribution < 1.29 is 4.74 Å². The molecule has 1 aromatic rings. The Kier molecular flexibility index (Phi) is 13.0. The predicted molar refractivity (Wildman–Crippen MR) is 85.4 cm³/mol. The van der Waals surface area contributed by atoms with E-state index in [2.05, 4.69) is 20.8 Å². The normalized spacial score (nSPS) is 15.0. The highest BCUT2D eigenvalue weighted by Crippen LogP contribution is 2.23. The van der Waals surface area contributed by atoms with Gasteiger partial charge in [-0.2, -0.15) is 0 Å².